The normalized spacial score (nSPS) is 18.2. The maximum atomic E-state index is 9.50. The predicted octanol–water partition coefficient (Wildman–Crippen LogP) is 2.70. The molecule has 5 heteroatoms. The van der Waals surface area contributed by atoms with E-state index in [0.717, 1.165) is 31.9 Å². The fraction of sp³-hybridized carbons (Fsp3) is 0.533. The Balaban J connectivity index is 2.25. The summed E-state index contributed by atoms with van der Waals surface area (Å²) in [7, 11) is 0. The van der Waals surface area contributed by atoms with Gasteiger partial charge in [-0.15, -0.1) is 11.8 Å². The van der Waals surface area contributed by atoms with Crippen molar-refractivity contribution >= 4 is 17.5 Å². The lowest BCUT2D eigenvalue weighted by Crippen LogP contribution is -2.54. The summed E-state index contributed by atoms with van der Waals surface area (Å²) in [6.45, 7) is 7.36. The Kier molecular flexibility index (Phi) is 5.07. The van der Waals surface area contributed by atoms with Crippen LogP contribution in [0.15, 0.2) is 34.3 Å². The molecule has 0 aliphatic carbocycles. The van der Waals surface area contributed by atoms with E-state index in [-0.39, 0.29) is 5.54 Å². The third-order valence-corrected chi connectivity index (χ3v) is 4.59. The van der Waals surface area contributed by atoms with Crippen molar-refractivity contribution in [3.8, 4) is 0 Å². The molecule has 0 bridgehead atoms. The van der Waals surface area contributed by atoms with E-state index >= 15 is 0 Å². The lowest BCUT2D eigenvalue weighted by Gasteiger charge is -2.41. The van der Waals surface area contributed by atoms with Gasteiger partial charge in [0.05, 0.1) is 18.8 Å². The van der Waals surface area contributed by atoms with Crippen LogP contribution in [0.5, 0.6) is 0 Å². The van der Waals surface area contributed by atoms with Crippen LogP contribution in [0.1, 0.15) is 19.4 Å². The molecule has 1 heterocycles. The van der Waals surface area contributed by atoms with E-state index in [1.165, 1.54) is 4.90 Å². The second-order valence-electron chi connectivity index (χ2n) is 5.34. The van der Waals surface area contributed by atoms with Crippen molar-refractivity contribution < 1.29 is 9.94 Å². The molecule has 1 aromatic rings. The van der Waals surface area contributed by atoms with E-state index in [1.54, 1.807) is 11.8 Å². The van der Waals surface area contributed by atoms with Crippen LogP contribution in [0, 0.1) is 0 Å². The van der Waals surface area contributed by atoms with Crippen LogP contribution in [0.25, 0.3) is 0 Å². The molecule has 0 atom stereocenters. The maximum absolute atomic E-state index is 9.50. The van der Waals surface area contributed by atoms with Crippen molar-refractivity contribution in [2.45, 2.75) is 24.3 Å². The molecule has 0 unspecified atom stereocenters. The maximum Gasteiger partial charge on any atom is 0.106 e. The quantitative estimate of drug-likeness (QED) is 0.401. The molecule has 1 saturated heterocycles. The SMILES string of the molecule is CSc1ccc(/C(=N\O)C(C)(C)N2CCOCC2)cc1. The molecule has 1 N–H and O–H groups in total. The molecule has 4 nitrogen and oxygen atoms in total. The fourth-order valence-corrected chi connectivity index (χ4v) is 2.96. The van der Waals surface area contributed by atoms with Crippen LogP contribution in [-0.4, -0.2) is 53.9 Å². The second kappa shape index (κ2) is 6.61. The van der Waals surface area contributed by atoms with Crippen molar-refractivity contribution in [3.05, 3.63) is 29.8 Å². The molecule has 1 aliphatic rings. The average Bonchev–Trinajstić information content (AvgIpc) is 2.49. The average molecular weight is 294 g/mol. The van der Waals surface area contributed by atoms with Gasteiger partial charge >= 0.3 is 0 Å². The van der Waals surface area contributed by atoms with Gasteiger partial charge in [-0.05, 0) is 32.2 Å². The van der Waals surface area contributed by atoms with Gasteiger partial charge in [0.1, 0.15) is 5.71 Å². The minimum absolute atomic E-state index is 0.320. The number of oxime groups is 1. The summed E-state index contributed by atoms with van der Waals surface area (Å²) in [6.07, 6.45) is 2.05. The zero-order chi connectivity index (χ0) is 14.6. The summed E-state index contributed by atoms with van der Waals surface area (Å²) in [6, 6.07) is 8.15. The molecular weight excluding hydrogens is 272 g/mol. The number of benzene rings is 1. The number of hydrogen-bond acceptors (Lipinski definition) is 5. The minimum atomic E-state index is -0.320. The van der Waals surface area contributed by atoms with E-state index in [9.17, 15) is 5.21 Å². The van der Waals surface area contributed by atoms with Gasteiger partial charge in [0.2, 0.25) is 0 Å². The number of nitrogens with zero attached hydrogens (tertiary/aromatic N) is 2. The molecule has 2 rings (SSSR count). The van der Waals surface area contributed by atoms with Crippen LogP contribution in [0.4, 0.5) is 0 Å². The molecule has 20 heavy (non-hydrogen) atoms. The van der Waals surface area contributed by atoms with Gasteiger partial charge in [-0.25, -0.2) is 0 Å². The molecule has 110 valence electrons. The zero-order valence-corrected chi connectivity index (χ0v) is 13.1. The molecule has 0 aromatic heterocycles. The lowest BCUT2D eigenvalue weighted by molar-refractivity contribution is 0.00951. The fourth-order valence-electron chi connectivity index (χ4n) is 2.55. The Morgan fingerprint density at radius 2 is 1.85 bits per heavy atom. The van der Waals surface area contributed by atoms with Gasteiger partial charge in [-0.1, -0.05) is 17.3 Å². The Morgan fingerprint density at radius 3 is 2.35 bits per heavy atom. The van der Waals surface area contributed by atoms with Gasteiger partial charge in [0, 0.05) is 23.5 Å². The third kappa shape index (κ3) is 3.16. The number of hydrogen-bond donors (Lipinski definition) is 1. The van der Waals surface area contributed by atoms with Crippen molar-refractivity contribution in [1.82, 2.24) is 4.90 Å². The molecule has 1 aliphatic heterocycles. The van der Waals surface area contributed by atoms with Crippen molar-refractivity contribution in [1.29, 1.82) is 0 Å². The summed E-state index contributed by atoms with van der Waals surface area (Å²) in [4.78, 5) is 3.50. The van der Waals surface area contributed by atoms with Crippen LogP contribution >= 0.6 is 11.8 Å². The first-order valence-corrected chi connectivity index (χ1v) is 8.02. The summed E-state index contributed by atoms with van der Waals surface area (Å²) in [5, 5.41) is 13.1. The highest BCUT2D eigenvalue weighted by atomic mass is 32.2. The molecule has 1 fully saturated rings. The first-order valence-electron chi connectivity index (χ1n) is 6.79. The summed E-state index contributed by atoms with van der Waals surface area (Å²) < 4.78 is 5.40. The smallest absolute Gasteiger partial charge is 0.106 e. The summed E-state index contributed by atoms with van der Waals surface area (Å²) >= 11 is 1.70. The molecule has 0 amide bonds. The standard InChI is InChI=1S/C15H22N2O2S/c1-15(2,17-8-10-19-11-9-17)14(16-18)12-4-6-13(20-3)7-5-12/h4-7,18H,8-11H2,1-3H3/b16-14+. The van der Waals surface area contributed by atoms with E-state index in [0.29, 0.717) is 5.71 Å². The molecule has 0 saturated carbocycles. The van der Waals surface area contributed by atoms with E-state index < -0.39 is 0 Å². The van der Waals surface area contributed by atoms with Crippen molar-refractivity contribution in [2.24, 2.45) is 5.16 Å². The van der Waals surface area contributed by atoms with Gasteiger partial charge < -0.3 is 9.94 Å². The van der Waals surface area contributed by atoms with Gasteiger partial charge in [-0.3, -0.25) is 4.90 Å². The van der Waals surface area contributed by atoms with E-state index in [4.69, 9.17) is 4.74 Å². The lowest BCUT2D eigenvalue weighted by atomic mass is 9.90. The van der Waals surface area contributed by atoms with E-state index in [2.05, 4.69) is 36.0 Å². The Labute approximate surface area is 124 Å². The first-order chi connectivity index (χ1) is 9.59. The minimum Gasteiger partial charge on any atom is -0.411 e. The highest BCUT2D eigenvalue weighted by molar-refractivity contribution is 7.98. The van der Waals surface area contributed by atoms with Gasteiger partial charge in [0.15, 0.2) is 0 Å². The highest BCUT2D eigenvalue weighted by Crippen LogP contribution is 2.24. The van der Waals surface area contributed by atoms with Crippen LogP contribution in [0.2, 0.25) is 0 Å². The zero-order valence-electron chi connectivity index (χ0n) is 12.3. The number of ether oxygens (including phenoxy) is 1. The Hall–Kier alpha value is -1.04. The van der Waals surface area contributed by atoms with Gasteiger partial charge in [-0.2, -0.15) is 0 Å². The highest BCUT2D eigenvalue weighted by Gasteiger charge is 2.34. The number of thioether (sulfide) groups is 1. The predicted molar refractivity (Wildman–Crippen MR) is 83.0 cm³/mol. The van der Waals surface area contributed by atoms with Crippen LogP contribution in [-0.2, 0) is 4.74 Å². The molecule has 0 spiro atoms. The van der Waals surface area contributed by atoms with Crippen LogP contribution in [0.3, 0.4) is 0 Å². The van der Waals surface area contributed by atoms with E-state index in [1.807, 2.05) is 18.4 Å². The van der Waals surface area contributed by atoms with Crippen molar-refractivity contribution in [2.75, 3.05) is 32.6 Å². The summed E-state index contributed by atoms with van der Waals surface area (Å²) in [5.41, 5.74) is 1.34. The monoisotopic (exact) mass is 294 g/mol. The number of morpholine rings is 1. The largest absolute Gasteiger partial charge is 0.411 e. The number of rotatable bonds is 4. The Bertz CT molecular complexity index is 465. The Morgan fingerprint density at radius 1 is 1.25 bits per heavy atom. The van der Waals surface area contributed by atoms with Crippen LogP contribution < -0.4 is 0 Å². The second-order valence-corrected chi connectivity index (χ2v) is 6.22. The van der Waals surface area contributed by atoms with Crippen molar-refractivity contribution in [3.63, 3.8) is 0 Å². The third-order valence-electron chi connectivity index (χ3n) is 3.84. The molecule has 0 radical (unpaired) electrons. The summed E-state index contributed by atoms with van der Waals surface area (Å²) in [5.74, 6) is 0. The molecular formula is C15H22N2O2S. The first kappa shape index (κ1) is 15.4. The van der Waals surface area contributed by atoms with Gasteiger partial charge in [0.25, 0.3) is 0 Å². The topological polar surface area (TPSA) is 45.1 Å². The molecule has 1 aromatic carbocycles.